The van der Waals surface area contributed by atoms with Gasteiger partial charge in [0.2, 0.25) is 0 Å². The van der Waals surface area contributed by atoms with Crippen LogP contribution in [0.3, 0.4) is 0 Å². The van der Waals surface area contributed by atoms with Crippen LogP contribution in [0.15, 0.2) is 18.2 Å². The van der Waals surface area contributed by atoms with Gasteiger partial charge in [0.1, 0.15) is 61.0 Å². The first-order valence-electron chi connectivity index (χ1n) is 11.0. The van der Waals surface area contributed by atoms with Crippen molar-refractivity contribution in [1.29, 1.82) is 0 Å². The van der Waals surface area contributed by atoms with Crippen molar-refractivity contribution in [2.75, 3.05) is 13.2 Å². The Morgan fingerprint density at radius 2 is 1.21 bits per heavy atom. The van der Waals surface area contributed by atoms with E-state index in [1.807, 2.05) is 6.92 Å². The number of hydrogen-bond acceptors (Lipinski definition) is 10. The maximum Gasteiger partial charge on any atom is 0.147 e. The number of rotatable bonds is 3. The molecule has 0 amide bonds. The summed E-state index contributed by atoms with van der Waals surface area (Å²) in [5.41, 5.74) is 2.02. The highest BCUT2D eigenvalue weighted by atomic mass is 16.5. The van der Waals surface area contributed by atoms with Crippen molar-refractivity contribution >= 4 is 0 Å². The lowest BCUT2D eigenvalue weighted by molar-refractivity contribution is -0.214. The molecule has 2 fully saturated rings. The first-order valence-corrected chi connectivity index (χ1v) is 11.0. The van der Waals surface area contributed by atoms with Gasteiger partial charge in [-0.25, -0.2) is 0 Å². The lowest BCUT2D eigenvalue weighted by Gasteiger charge is -2.37. The number of aryl methyl sites for hydroxylation is 1. The molecular weight excluding hydrogens is 448 g/mol. The van der Waals surface area contributed by atoms with Gasteiger partial charge in [-0.15, -0.1) is 0 Å². The molecule has 0 radical (unpaired) electrons. The molecular formula is C24H30O10. The Balaban J connectivity index is 1.78. The van der Waals surface area contributed by atoms with Crippen molar-refractivity contribution in [3.05, 3.63) is 34.9 Å². The third-order valence-corrected chi connectivity index (χ3v) is 5.98. The van der Waals surface area contributed by atoms with E-state index in [4.69, 9.17) is 9.47 Å². The standard InChI is InChI=1S/C24H30O10/c1-2-13-9-12(4-7-15-19(27)23(31)21(29)17(10-25)33-15)3-5-14(13)6-8-16-20(28)24(32)22(30)18(11-26)34-16/h3,5,9,15-32H,2,10-11H2,1H3/t15-,16-,17-,18-,19-,20-,21-,22-,23-,24-/m1/s1. The van der Waals surface area contributed by atoms with Crippen LogP contribution in [-0.2, 0) is 15.9 Å². The molecule has 186 valence electrons. The molecule has 0 unspecified atom stereocenters. The van der Waals surface area contributed by atoms with Gasteiger partial charge in [-0.3, -0.25) is 0 Å². The summed E-state index contributed by atoms with van der Waals surface area (Å²) in [6, 6.07) is 5.15. The Bertz CT molecular complexity index is 956. The molecule has 8 N–H and O–H groups in total. The Labute approximate surface area is 197 Å². The lowest BCUT2D eigenvalue weighted by atomic mass is 9.94. The van der Waals surface area contributed by atoms with Crippen LogP contribution in [0.4, 0.5) is 0 Å². The van der Waals surface area contributed by atoms with Crippen LogP contribution in [0, 0.1) is 23.7 Å². The van der Waals surface area contributed by atoms with Crippen LogP contribution in [0.1, 0.15) is 23.6 Å². The summed E-state index contributed by atoms with van der Waals surface area (Å²) in [7, 11) is 0. The molecule has 10 atom stereocenters. The number of ether oxygens (including phenoxy) is 2. The molecule has 0 aliphatic carbocycles. The summed E-state index contributed by atoms with van der Waals surface area (Å²) < 4.78 is 10.8. The number of aliphatic hydroxyl groups excluding tert-OH is 8. The van der Waals surface area contributed by atoms with E-state index in [2.05, 4.69) is 23.7 Å². The summed E-state index contributed by atoms with van der Waals surface area (Å²) in [5.74, 6) is 11.2. The number of hydrogen-bond donors (Lipinski definition) is 8. The van der Waals surface area contributed by atoms with Gasteiger partial charge in [0.25, 0.3) is 0 Å². The Morgan fingerprint density at radius 3 is 1.68 bits per heavy atom. The summed E-state index contributed by atoms with van der Waals surface area (Å²) >= 11 is 0. The predicted octanol–water partition coefficient (Wildman–Crippen LogP) is -3.36. The minimum Gasteiger partial charge on any atom is -0.394 e. The van der Waals surface area contributed by atoms with Gasteiger partial charge in [0, 0.05) is 11.1 Å². The van der Waals surface area contributed by atoms with Gasteiger partial charge in [0.15, 0.2) is 0 Å². The normalized spacial score (nSPS) is 37.8. The second kappa shape index (κ2) is 11.6. The second-order valence-electron chi connectivity index (χ2n) is 8.26. The monoisotopic (exact) mass is 478 g/mol. The van der Waals surface area contributed by atoms with Gasteiger partial charge in [0.05, 0.1) is 13.2 Å². The Hall–Kier alpha value is -2.06. The maximum atomic E-state index is 10.1. The van der Waals surface area contributed by atoms with E-state index in [-0.39, 0.29) is 0 Å². The fraction of sp³-hybridized carbons (Fsp3) is 0.583. The van der Waals surface area contributed by atoms with Crippen LogP contribution >= 0.6 is 0 Å². The molecule has 1 aromatic carbocycles. The van der Waals surface area contributed by atoms with Crippen LogP contribution in [0.5, 0.6) is 0 Å². The topological polar surface area (TPSA) is 180 Å². The van der Waals surface area contributed by atoms with Gasteiger partial charge in [-0.2, -0.15) is 0 Å². The van der Waals surface area contributed by atoms with Crippen molar-refractivity contribution < 1.29 is 50.3 Å². The van der Waals surface area contributed by atoms with E-state index < -0.39 is 74.3 Å². The van der Waals surface area contributed by atoms with Crippen molar-refractivity contribution in [2.24, 2.45) is 0 Å². The zero-order valence-electron chi connectivity index (χ0n) is 18.5. The molecule has 0 bridgehead atoms. The summed E-state index contributed by atoms with van der Waals surface area (Å²) in [5, 5.41) is 78.3. The van der Waals surface area contributed by atoms with Crippen molar-refractivity contribution in [3.8, 4) is 23.7 Å². The van der Waals surface area contributed by atoms with E-state index in [0.29, 0.717) is 17.5 Å². The summed E-state index contributed by atoms with van der Waals surface area (Å²) in [4.78, 5) is 0. The third-order valence-electron chi connectivity index (χ3n) is 5.98. The van der Waals surface area contributed by atoms with E-state index in [0.717, 1.165) is 5.56 Å². The molecule has 10 heteroatoms. The highest BCUT2D eigenvalue weighted by molar-refractivity contribution is 5.48. The first kappa shape index (κ1) is 26.5. The van der Waals surface area contributed by atoms with Crippen LogP contribution in [0.2, 0.25) is 0 Å². The molecule has 10 nitrogen and oxygen atoms in total. The SMILES string of the molecule is CCc1cc(C#C[C@H]2O[C@H](CO)[C@@H](O)[C@H](O)[C@@H]2O)ccc1C#C[C@H]1O[C@H](CO)[C@@H](O)[C@H](O)[C@@H]1O. The molecule has 0 saturated carbocycles. The molecule has 2 heterocycles. The fourth-order valence-electron chi connectivity index (χ4n) is 3.83. The predicted molar refractivity (Wildman–Crippen MR) is 117 cm³/mol. The van der Waals surface area contributed by atoms with Gasteiger partial charge < -0.3 is 50.3 Å². The molecule has 34 heavy (non-hydrogen) atoms. The smallest absolute Gasteiger partial charge is 0.147 e. The molecule has 0 spiro atoms. The van der Waals surface area contributed by atoms with E-state index in [1.165, 1.54) is 0 Å². The molecule has 3 rings (SSSR count). The van der Waals surface area contributed by atoms with E-state index in [1.54, 1.807) is 18.2 Å². The average molecular weight is 478 g/mol. The first-order chi connectivity index (χ1) is 16.2. The largest absolute Gasteiger partial charge is 0.394 e. The molecule has 1 aromatic rings. The molecule has 2 saturated heterocycles. The highest BCUT2D eigenvalue weighted by Crippen LogP contribution is 2.22. The van der Waals surface area contributed by atoms with Gasteiger partial charge in [-0.1, -0.05) is 30.6 Å². The zero-order valence-corrected chi connectivity index (χ0v) is 18.5. The minimum absolute atomic E-state index is 0.537. The molecule has 2 aliphatic heterocycles. The third kappa shape index (κ3) is 5.60. The quantitative estimate of drug-likeness (QED) is 0.204. The summed E-state index contributed by atoms with van der Waals surface area (Å²) in [6.45, 7) is 0.833. The van der Waals surface area contributed by atoms with Crippen LogP contribution < -0.4 is 0 Å². The summed E-state index contributed by atoms with van der Waals surface area (Å²) in [6.07, 6.45) is -12.5. The number of aliphatic hydroxyl groups is 8. The van der Waals surface area contributed by atoms with E-state index in [9.17, 15) is 40.9 Å². The average Bonchev–Trinajstić information content (AvgIpc) is 2.85. The molecule has 2 aliphatic rings. The van der Waals surface area contributed by atoms with Crippen molar-refractivity contribution in [3.63, 3.8) is 0 Å². The number of benzene rings is 1. The van der Waals surface area contributed by atoms with E-state index >= 15 is 0 Å². The molecule has 0 aromatic heterocycles. The zero-order chi connectivity index (χ0) is 25.0. The van der Waals surface area contributed by atoms with Gasteiger partial charge >= 0.3 is 0 Å². The lowest BCUT2D eigenvalue weighted by Crippen LogP contribution is -2.58. The fourth-order valence-corrected chi connectivity index (χ4v) is 3.83. The van der Waals surface area contributed by atoms with Crippen molar-refractivity contribution in [2.45, 2.75) is 74.4 Å². The Kier molecular flexibility index (Phi) is 9.04. The second-order valence-corrected chi connectivity index (χ2v) is 8.26. The highest BCUT2D eigenvalue weighted by Gasteiger charge is 2.43. The van der Waals surface area contributed by atoms with Crippen LogP contribution in [0.25, 0.3) is 0 Å². The Morgan fingerprint density at radius 1 is 0.706 bits per heavy atom. The van der Waals surface area contributed by atoms with Gasteiger partial charge in [-0.05, 0) is 30.2 Å². The van der Waals surface area contributed by atoms with Crippen molar-refractivity contribution in [1.82, 2.24) is 0 Å². The maximum absolute atomic E-state index is 10.1. The minimum atomic E-state index is -1.50. The van der Waals surface area contributed by atoms with Crippen LogP contribution in [-0.4, -0.2) is 115 Å².